The smallest absolute Gasteiger partial charge is 0.481 e. The topological polar surface area (TPSA) is 96.4 Å². The van der Waals surface area contributed by atoms with E-state index in [1.165, 1.54) is 24.3 Å². The monoisotopic (exact) mass is 574 g/mol. The van der Waals surface area contributed by atoms with Crippen LogP contribution in [0.2, 0.25) is 0 Å². The van der Waals surface area contributed by atoms with Crippen molar-refractivity contribution in [3.63, 3.8) is 0 Å². The molecular weight excluding hydrogens is 541 g/mol. The van der Waals surface area contributed by atoms with E-state index in [-0.39, 0.29) is 60.6 Å². The van der Waals surface area contributed by atoms with E-state index in [1.54, 1.807) is 4.90 Å². The number of benzene rings is 2. The molecule has 2 aromatic rings. The van der Waals surface area contributed by atoms with Gasteiger partial charge in [0.25, 0.3) is 0 Å². The Kier molecular flexibility index (Phi) is 7.65. The van der Waals surface area contributed by atoms with E-state index in [9.17, 15) is 32.7 Å². The minimum absolute atomic E-state index is 0.0431. The van der Waals surface area contributed by atoms with Gasteiger partial charge in [0.15, 0.2) is 0 Å². The summed E-state index contributed by atoms with van der Waals surface area (Å²) in [5.74, 6) is -1.65. The largest absolute Gasteiger partial charge is 0.573 e. The van der Waals surface area contributed by atoms with Crippen LogP contribution in [0, 0.1) is 11.3 Å². The van der Waals surface area contributed by atoms with Crippen LogP contribution < -0.4 is 9.64 Å². The fourth-order valence-electron chi connectivity index (χ4n) is 6.42. The number of amides is 2. The Morgan fingerprint density at radius 1 is 1.02 bits per heavy atom. The molecule has 2 amide bonds. The molecule has 3 atom stereocenters. The molecule has 1 heterocycles. The highest BCUT2D eigenvalue weighted by Crippen LogP contribution is 2.57. The van der Waals surface area contributed by atoms with E-state index in [0.717, 1.165) is 24.8 Å². The van der Waals surface area contributed by atoms with Gasteiger partial charge in [-0.3, -0.25) is 14.5 Å². The van der Waals surface area contributed by atoms with Crippen molar-refractivity contribution in [2.75, 3.05) is 4.90 Å². The van der Waals surface area contributed by atoms with Crippen molar-refractivity contribution in [3.8, 4) is 5.75 Å². The summed E-state index contributed by atoms with van der Waals surface area (Å²) in [5.41, 5.74) is 1.85. The number of carbonyl (C=O) groups is 3. The molecule has 3 unspecified atom stereocenters. The number of carbonyl (C=O) groups excluding carboxylic acids is 2. The first kappa shape index (κ1) is 28.8. The summed E-state index contributed by atoms with van der Waals surface area (Å²) in [4.78, 5) is 41.9. The van der Waals surface area contributed by atoms with Gasteiger partial charge in [0.05, 0.1) is 18.2 Å². The van der Waals surface area contributed by atoms with Gasteiger partial charge in [0.2, 0.25) is 5.91 Å². The van der Waals surface area contributed by atoms with Crippen LogP contribution >= 0.6 is 0 Å². The summed E-state index contributed by atoms with van der Waals surface area (Å²) < 4.78 is 47.0. The van der Waals surface area contributed by atoms with E-state index < -0.39 is 18.4 Å². The number of nitrogens with zero attached hydrogens (tertiary/aromatic N) is 2. The van der Waals surface area contributed by atoms with Crippen molar-refractivity contribution >= 4 is 23.7 Å². The van der Waals surface area contributed by atoms with E-state index in [1.807, 2.05) is 29.2 Å². The number of aliphatic carboxylic acids is 1. The second-order valence-corrected chi connectivity index (χ2v) is 11.8. The first-order valence-electron chi connectivity index (χ1n) is 13.8. The molecule has 0 bridgehead atoms. The molecule has 2 fully saturated rings. The maximum Gasteiger partial charge on any atom is 0.573 e. The molecule has 1 N–H and O–H groups in total. The van der Waals surface area contributed by atoms with Crippen LogP contribution in [0.4, 0.5) is 23.7 Å². The minimum atomic E-state index is -4.80. The summed E-state index contributed by atoms with van der Waals surface area (Å²) in [6.45, 7) is 4.12. The Bertz CT molecular complexity index is 1310. The van der Waals surface area contributed by atoms with E-state index in [2.05, 4.69) is 18.6 Å². The quantitative estimate of drug-likeness (QED) is 0.390. The minimum Gasteiger partial charge on any atom is -0.481 e. The highest BCUT2D eigenvalue weighted by atomic mass is 19.4. The second kappa shape index (κ2) is 10.9. The van der Waals surface area contributed by atoms with Gasteiger partial charge in [-0.2, -0.15) is 0 Å². The number of hydrogen-bond donors (Lipinski definition) is 1. The van der Waals surface area contributed by atoms with Crippen LogP contribution in [0.5, 0.6) is 5.75 Å². The van der Waals surface area contributed by atoms with Crippen LogP contribution in [0.3, 0.4) is 0 Å². The fraction of sp³-hybridized carbons (Fsp3) is 0.500. The molecule has 41 heavy (non-hydrogen) atoms. The molecule has 2 aliphatic carbocycles. The van der Waals surface area contributed by atoms with Gasteiger partial charge in [-0.15, -0.1) is 13.2 Å². The maximum atomic E-state index is 13.7. The number of alkyl halides is 3. The Balaban J connectivity index is 1.42. The number of ether oxygens (including phenoxy) is 2. The van der Waals surface area contributed by atoms with Gasteiger partial charge < -0.3 is 19.5 Å². The summed E-state index contributed by atoms with van der Waals surface area (Å²) in [7, 11) is 0. The fourth-order valence-corrected chi connectivity index (χ4v) is 6.42. The van der Waals surface area contributed by atoms with Crippen LogP contribution in [0.15, 0.2) is 48.5 Å². The van der Waals surface area contributed by atoms with E-state index in [4.69, 9.17) is 4.74 Å². The molecule has 3 aliphatic rings. The van der Waals surface area contributed by atoms with Crippen LogP contribution in [0.1, 0.15) is 69.5 Å². The molecular formula is C30H33F3N2O6. The van der Waals surface area contributed by atoms with Crippen LogP contribution in [0.25, 0.3) is 0 Å². The lowest BCUT2D eigenvalue weighted by Crippen LogP contribution is -2.53. The molecule has 0 aromatic heterocycles. The highest BCUT2D eigenvalue weighted by molar-refractivity contribution is 5.91. The standard InChI is InChI=1S/C30H33F3N2O6/c1-29(2)15-22-24(16-29)35(28(39)40-17-18-7-11-20(12-8-18)41-30(31,32)33)23-6-4-3-5-21(23)27(22)34(19-9-10-19)25(36)13-14-26(37)38/h3-8,11-12,19,22,24,27H,9-10,13-17H2,1-2H3,(H,37,38). The third-order valence-electron chi connectivity index (χ3n) is 8.09. The lowest BCUT2D eigenvalue weighted by molar-refractivity contribution is -0.274. The second-order valence-electron chi connectivity index (χ2n) is 11.8. The Morgan fingerprint density at radius 2 is 1.71 bits per heavy atom. The molecule has 0 saturated heterocycles. The predicted molar refractivity (Wildman–Crippen MR) is 142 cm³/mol. The first-order chi connectivity index (χ1) is 19.3. The molecule has 1 aliphatic heterocycles. The maximum absolute atomic E-state index is 13.7. The molecule has 0 radical (unpaired) electrons. The molecule has 220 valence electrons. The van der Waals surface area contributed by atoms with E-state index >= 15 is 0 Å². The lowest BCUT2D eigenvalue weighted by atomic mass is 9.80. The van der Waals surface area contributed by atoms with Crippen molar-refractivity contribution in [1.82, 2.24) is 4.90 Å². The van der Waals surface area contributed by atoms with Gasteiger partial charge in [0, 0.05) is 24.4 Å². The molecule has 5 rings (SSSR count). The zero-order valence-electron chi connectivity index (χ0n) is 22.9. The SMILES string of the molecule is CC1(C)CC2C(C1)N(C(=O)OCc1ccc(OC(F)(F)F)cc1)c1ccccc1C2N(C(=O)CCC(=O)O)C1CC1. The molecule has 0 spiro atoms. The number of carboxylic acids is 1. The summed E-state index contributed by atoms with van der Waals surface area (Å²) in [6, 6.07) is 12.1. The third kappa shape index (κ3) is 6.44. The zero-order valence-corrected chi connectivity index (χ0v) is 22.9. The van der Waals surface area contributed by atoms with Crippen LogP contribution in [-0.4, -0.2) is 46.4 Å². The van der Waals surface area contributed by atoms with Crippen LogP contribution in [-0.2, 0) is 20.9 Å². The van der Waals surface area contributed by atoms with E-state index in [0.29, 0.717) is 17.7 Å². The number of fused-ring (bicyclic) bond motifs is 2. The van der Waals surface area contributed by atoms with Gasteiger partial charge in [-0.1, -0.05) is 44.2 Å². The number of hydrogen-bond acceptors (Lipinski definition) is 5. The number of para-hydroxylation sites is 1. The van der Waals surface area contributed by atoms with Crippen molar-refractivity contribution in [3.05, 3.63) is 59.7 Å². The average molecular weight is 575 g/mol. The van der Waals surface area contributed by atoms with Crippen molar-refractivity contribution < 1.29 is 42.1 Å². The number of anilines is 1. The van der Waals surface area contributed by atoms with Gasteiger partial charge in [-0.25, -0.2) is 4.79 Å². The number of halogens is 3. The third-order valence-corrected chi connectivity index (χ3v) is 8.09. The lowest BCUT2D eigenvalue weighted by Gasteiger charge is -2.47. The summed E-state index contributed by atoms with van der Waals surface area (Å²) in [6.07, 6.45) is -2.53. The molecule has 11 heteroatoms. The number of carboxylic acid groups (broad SMARTS) is 1. The summed E-state index contributed by atoms with van der Waals surface area (Å²) in [5, 5.41) is 9.19. The predicted octanol–water partition coefficient (Wildman–Crippen LogP) is 6.44. The number of rotatable bonds is 8. The van der Waals surface area contributed by atoms with Crippen molar-refractivity contribution in [1.29, 1.82) is 0 Å². The Labute approximate surface area is 236 Å². The average Bonchev–Trinajstić information content (AvgIpc) is 3.67. The first-order valence-corrected chi connectivity index (χ1v) is 13.8. The van der Waals surface area contributed by atoms with Gasteiger partial charge >= 0.3 is 18.4 Å². The zero-order chi connectivity index (χ0) is 29.5. The van der Waals surface area contributed by atoms with Crippen molar-refractivity contribution in [2.24, 2.45) is 11.3 Å². The molecule has 2 aromatic carbocycles. The molecule has 8 nitrogen and oxygen atoms in total. The van der Waals surface area contributed by atoms with Gasteiger partial charge in [0.1, 0.15) is 12.4 Å². The van der Waals surface area contributed by atoms with Crippen molar-refractivity contribution in [2.45, 2.75) is 83.5 Å². The highest BCUT2D eigenvalue weighted by Gasteiger charge is 2.55. The molecule has 2 saturated carbocycles. The summed E-state index contributed by atoms with van der Waals surface area (Å²) >= 11 is 0. The Morgan fingerprint density at radius 3 is 2.34 bits per heavy atom. The Hall–Kier alpha value is -3.76. The normalized spacial score (nSPS) is 22.9. The van der Waals surface area contributed by atoms with Gasteiger partial charge in [-0.05, 0) is 60.4 Å².